The molecule has 0 radical (unpaired) electrons. The molecule has 142 valence electrons. The summed E-state index contributed by atoms with van der Waals surface area (Å²) in [4.78, 5) is 12.0. The molecule has 1 aromatic carbocycles. The molecule has 0 fully saturated rings. The van der Waals surface area contributed by atoms with E-state index in [0.29, 0.717) is 24.3 Å². The number of carbonyl (C=O) groups excluding carboxylic acids is 1. The molecule has 0 aliphatic rings. The predicted molar refractivity (Wildman–Crippen MR) is 97.6 cm³/mol. The minimum Gasteiger partial charge on any atom is -0.493 e. The zero-order valence-electron chi connectivity index (χ0n) is 15.5. The van der Waals surface area contributed by atoms with Crippen LogP contribution in [0.4, 0.5) is 0 Å². The molecule has 0 saturated carbocycles. The molecule has 0 bridgehead atoms. The molecule has 0 aromatic heterocycles. The molecule has 0 saturated heterocycles. The highest BCUT2D eigenvalue weighted by Gasteiger charge is 2.19. The lowest BCUT2D eigenvalue weighted by atomic mass is 10.1. The Morgan fingerprint density at radius 2 is 1.84 bits per heavy atom. The summed E-state index contributed by atoms with van der Waals surface area (Å²) in [6.07, 6.45) is 2.05. The van der Waals surface area contributed by atoms with Crippen LogP contribution in [0.2, 0.25) is 0 Å². The number of rotatable bonds is 10. The summed E-state index contributed by atoms with van der Waals surface area (Å²) in [7, 11) is -0.138. The summed E-state index contributed by atoms with van der Waals surface area (Å²) < 4.78 is 35.1. The summed E-state index contributed by atoms with van der Waals surface area (Å²) in [5.74, 6) is 1.15. The highest BCUT2D eigenvalue weighted by atomic mass is 32.2. The Labute approximate surface area is 150 Å². The monoisotopic (exact) mass is 372 g/mol. The fourth-order valence-corrected chi connectivity index (χ4v) is 3.68. The first-order valence-electron chi connectivity index (χ1n) is 8.13. The van der Waals surface area contributed by atoms with E-state index in [4.69, 9.17) is 9.47 Å². The van der Waals surface area contributed by atoms with Crippen LogP contribution in [-0.2, 0) is 21.2 Å². The van der Waals surface area contributed by atoms with Gasteiger partial charge in [-0.1, -0.05) is 6.07 Å². The number of benzene rings is 1. The molecule has 0 atom stereocenters. The molecule has 0 aliphatic carbocycles. The van der Waals surface area contributed by atoms with Crippen molar-refractivity contribution in [3.63, 3.8) is 0 Å². The van der Waals surface area contributed by atoms with E-state index in [1.807, 2.05) is 12.1 Å². The van der Waals surface area contributed by atoms with Crippen LogP contribution in [0.1, 0.15) is 25.8 Å². The van der Waals surface area contributed by atoms with Crippen molar-refractivity contribution in [2.45, 2.75) is 32.7 Å². The van der Waals surface area contributed by atoms with E-state index in [0.717, 1.165) is 5.56 Å². The molecule has 0 heterocycles. The number of methoxy groups -OCH3 is 2. The molecule has 7 nitrogen and oxygen atoms in total. The van der Waals surface area contributed by atoms with Gasteiger partial charge in [0.2, 0.25) is 15.9 Å². The molecule has 1 N–H and O–H groups in total. The quantitative estimate of drug-likeness (QED) is 0.671. The molecule has 25 heavy (non-hydrogen) atoms. The third-order valence-corrected chi connectivity index (χ3v) is 5.20. The number of hydrogen-bond acceptors (Lipinski definition) is 5. The van der Waals surface area contributed by atoms with Gasteiger partial charge in [0.25, 0.3) is 0 Å². The van der Waals surface area contributed by atoms with Crippen LogP contribution in [0.15, 0.2) is 18.2 Å². The number of carbonyl (C=O) groups is 1. The van der Waals surface area contributed by atoms with Gasteiger partial charge in [-0.05, 0) is 38.0 Å². The summed E-state index contributed by atoms with van der Waals surface area (Å²) in [5, 5.41) is 2.76. The second-order valence-electron chi connectivity index (χ2n) is 6.01. The largest absolute Gasteiger partial charge is 0.493 e. The lowest BCUT2D eigenvalue weighted by molar-refractivity contribution is -0.121. The maximum Gasteiger partial charge on any atom is 0.220 e. The van der Waals surface area contributed by atoms with Crippen molar-refractivity contribution in [1.29, 1.82) is 0 Å². The standard InChI is InChI=1S/C17H28N2O5S/c1-13(2)19(25(5,21)22)11-10-18-17(20)9-7-14-6-8-15(23-3)16(12-14)24-4/h6,8,12-13H,7,9-11H2,1-5H3,(H,18,20). The maximum absolute atomic E-state index is 12.0. The predicted octanol–water partition coefficient (Wildman–Crippen LogP) is 1.42. The summed E-state index contributed by atoms with van der Waals surface area (Å²) >= 11 is 0. The first kappa shape index (κ1) is 21.2. The van der Waals surface area contributed by atoms with E-state index in [1.165, 1.54) is 10.6 Å². The van der Waals surface area contributed by atoms with Crippen LogP contribution in [0.5, 0.6) is 11.5 Å². The Hall–Kier alpha value is -1.80. The molecule has 1 amide bonds. The minimum absolute atomic E-state index is 0.119. The van der Waals surface area contributed by atoms with Crippen molar-refractivity contribution in [3.8, 4) is 11.5 Å². The summed E-state index contributed by atoms with van der Waals surface area (Å²) in [5.41, 5.74) is 0.966. The van der Waals surface area contributed by atoms with Crippen LogP contribution < -0.4 is 14.8 Å². The van der Waals surface area contributed by atoms with Crippen molar-refractivity contribution >= 4 is 15.9 Å². The van der Waals surface area contributed by atoms with Crippen molar-refractivity contribution in [2.75, 3.05) is 33.6 Å². The second-order valence-corrected chi connectivity index (χ2v) is 7.94. The number of amides is 1. The fraction of sp³-hybridized carbons (Fsp3) is 0.588. The zero-order chi connectivity index (χ0) is 19.0. The molecule has 0 aliphatic heterocycles. The van der Waals surface area contributed by atoms with E-state index in [2.05, 4.69) is 5.32 Å². The normalized spacial score (nSPS) is 11.6. The second kappa shape index (κ2) is 9.62. The lowest BCUT2D eigenvalue weighted by Gasteiger charge is -2.23. The third kappa shape index (κ3) is 6.91. The van der Waals surface area contributed by atoms with Gasteiger partial charge in [0.15, 0.2) is 11.5 Å². The third-order valence-electron chi connectivity index (χ3n) is 3.74. The first-order valence-corrected chi connectivity index (χ1v) is 9.98. The van der Waals surface area contributed by atoms with Crippen LogP contribution in [0.3, 0.4) is 0 Å². The number of hydrogen-bond donors (Lipinski definition) is 1. The SMILES string of the molecule is COc1ccc(CCC(=O)NCCN(C(C)C)S(C)(=O)=O)cc1OC. The van der Waals surface area contributed by atoms with Crippen molar-refractivity contribution in [1.82, 2.24) is 9.62 Å². The van der Waals surface area contributed by atoms with Crippen LogP contribution in [-0.4, -0.2) is 58.2 Å². The van der Waals surface area contributed by atoms with Gasteiger partial charge in [0.05, 0.1) is 20.5 Å². The molecule has 0 spiro atoms. The number of ether oxygens (including phenoxy) is 2. The van der Waals surface area contributed by atoms with Gasteiger partial charge >= 0.3 is 0 Å². The van der Waals surface area contributed by atoms with Crippen molar-refractivity contribution < 1.29 is 22.7 Å². The van der Waals surface area contributed by atoms with Crippen LogP contribution >= 0.6 is 0 Å². The van der Waals surface area contributed by atoms with E-state index < -0.39 is 10.0 Å². The molecular formula is C17H28N2O5S. The number of nitrogens with zero attached hydrogens (tertiary/aromatic N) is 1. The molecular weight excluding hydrogens is 344 g/mol. The zero-order valence-corrected chi connectivity index (χ0v) is 16.4. The average Bonchev–Trinajstić information content (AvgIpc) is 2.54. The molecule has 8 heteroatoms. The van der Waals surface area contributed by atoms with Gasteiger partial charge in [-0.25, -0.2) is 8.42 Å². The Morgan fingerprint density at radius 3 is 2.36 bits per heavy atom. The van der Waals surface area contributed by atoms with Gasteiger partial charge in [0, 0.05) is 25.6 Å². The van der Waals surface area contributed by atoms with E-state index in [-0.39, 0.29) is 25.0 Å². The Balaban J connectivity index is 2.48. The van der Waals surface area contributed by atoms with Crippen molar-refractivity contribution in [3.05, 3.63) is 23.8 Å². The smallest absolute Gasteiger partial charge is 0.220 e. The first-order chi connectivity index (χ1) is 11.7. The summed E-state index contributed by atoms with van der Waals surface area (Å²) in [6, 6.07) is 5.40. The number of nitrogens with one attached hydrogen (secondary N) is 1. The van der Waals surface area contributed by atoms with E-state index in [1.54, 1.807) is 34.1 Å². The Kier molecular flexibility index (Phi) is 8.18. The average molecular weight is 372 g/mol. The molecule has 0 unspecified atom stereocenters. The molecule has 1 rings (SSSR count). The van der Waals surface area contributed by atoms with Gasteiger partial charge in [-0.2, -0.15) is 4.31 Å². The van der Waals surface area contributed by atoms with Gasteiger partial charge in [0.1, 0.15) is 0 Å². The van der Waals surface area contributed by atoms with Crippen LogP contribution in [0, 0.1) is 0 Å². The van der Waals surface area contributed by atoms with Crippen molar-refractivity contribution in [2.24, 2.45) is 0 Å². The maximum atomic E-state index is 12.0. The fourth-order valence-electron chi connectivity index (χ4n) is 2.49. The summed E-state index contributed by atoms with van der Waals surface area (Å²) in [6.45, 7) is 4.16. The highest BCUT2D eigenvalue weighted by Crippen LogP contribution is 2.27. The Morgan fingerprint density at radius 1 is 1.20 bits per heavy atom. The van der Waals surface area contributed by atoms with Gasteiger partial charge < -0.3 is 14.8 Å². The minimum atomic E-state index is -3.28. The highest BCUT2D eigenvalue weighted by molar-refractivity contribution is 7.88. The lowest BCUT2D eigenvalue weighted by Crippen LogP contribution is -2.41. The van der Waals surface area contributed by atoms with E-state index in [9.17, 15) is 13.2 Å². The van der Waals surface area contributed by atoms with Gasteiger partial charge in [-0.15, -0.1) is 0 Å². The van der Waals surface area contributed by atoms with Crippen LogP contribution in [0.25, 0.3) is 0 Å². The van der Waals surface area contributed by atoms with E-state index >= 15 is 0 Å². The van der Waals surface area contributed by atoms with Gasteiger partial charge in [-0.3, -0.25) is 4.79 Å². The topological polar surface area (TPSA) is 84.9 Å². The molecule has 1 aromatic rings. The Bertz CT molecular complexity index is 674. The number of aryl methyl sites for hydroxylation is 1. The number of sulfonamides is 1.